The van der Waals surface area contributed by atoms with Crippen LogP contribution in [0.5, 0.6) is 5.75 Å². The van der Waals surface area contributed by atoms with Crippen LogP contribution < -0.4 is 15.8 Å². The summed E-state index contributed by atoms with van der Waals surface area (Å²) in [6.45, 7) is 9.82. The number of benzene rings is 2. The molecule has 0 atom stereocenters. The quantitative estimate of drug-likeness (QED) is 0.490. The molecule has 1 heterocycles. The first-order valence-electron chi connectivity index (χ1n) is 11.4. The smallest absolute Gasteiger partial charge is 0.407 e. The Morgan fingerprint density at radius 1 is 1.09 bits per heavy atom. The van der Waals surface area contributed by atoms with E-state index in [9.17, 15) is 9.59 Å². The van der Waals surface area contributed by atoms with E-state index in [0.29, 0.717) is 11.7 Å². The summed E-state index contributed by atoms with van der Waals surface area (Å²) < 4.78 is 11.0. The van der Waals surface area contributed by atoms with Crippen molar-refractivity contribution in [1.29, 1.82) is 0 Å². The van der Waals surface area contributed by atoms with Gasteiger partial charge in [0.2, 0.25) is 0 Å². The van der Waals surface area contributed by atoms with Crippen LogP contribution in [-0.4, -0.2) is 29.2 Å². The molecule has 7 nitrogen and oxygen atoms in total. The molecular formula is C27H33N3O4. The fourth-order valence-corrected chi connectivity index (χ4v) is 3.73. The van der Waals surface area contributed by atoms with Crippen molar-refractivity contribution in [1.82, 2.24) is 10.3 Å². The second kappa shape index (κ2) is 10.5. The maximum absolute atomic E-state index is 12.5. The van der Waals surface area contributed by atoms with Gasteiger partial charge in [-0.2, -0.15) is 0 Å². The molecule has 3 aromatic rings. The number of fused-ring (bicyclic) bond motifs is 1. The van der Waals surface area contributed by atoms with Crippen molar-refractivity contribution in [3.8, 4) is 16.9 Å². The molecule has 3 N–H and O–H groups in total. The zero-order valence-corrected chi connectivity index (χ0v) is 20.5. The van der Waals surface area contributed by atoms with Crippen molar-refractivity contribution in [2.45, 2.75) is 53.2 Å². The fraction of sp³-hybridized carbons (Fsp3) is 0.370. The molecule has 0 fully saturated rings. The summed E-state index contributed by atoms with van der Waals surface area (Å²) >= 11 is 0. The molecule has 0 bridgehead atoms. The third kappa shape index (κ3) is 6.70. The van der Waals surface area contributed by atoms with Gasteiger partial charge in [0.15, 0.2) is 6.61 Å². The molecule has 0 saturated carbocycles. The lowest BCUT2D eigenvalue weighted by atomic mass is 9.91. The van der Waals surface area contributed by atoms with E-state index in [0.717, 1.165) is 39.7 Å². The van der Waals surface area contributed by atoms with Gasteiger partial charge in [-0.25, -0.2) is 4.79 Å². The first-order chi connectivity index (χ1) is 16.0. The molecule has 0 unspecified atom stereocenters. The molecule has 0 spiro atoms. The van der Waals surface area contributed by atoms with Gasteiger partial charge in [0.25, 0.3) is 5.91 Å². The maximum Gasteiger partial charge on any atom is 0.407 e. The van der Waals surface area contributed by atoms with Gasteiger partial charge in [-0.15, -0.1) is 0 Å². The third-order valence-corrected chi connectivity index (χ3v) is 5.00. The molecule has 0 saturated heterocycles. The van der Waals surface area contributed by atoms with Gasteiger partial charge < -0.3 is 20.5 Å². The average Bonchev–Trinajstić information content (AvgIpc) is 2.75. The zero-order valence-electron chi connectivity index (χ0n) is 20.5. The Labute approximate surface area is 200 Å². The number of alkyl carbamates (subject to hydrolysis) is 1. The fourth-order valence-electron chi connectivity index (χ4n) is 3.73. The van der Waals surface area contributed by atoms with Crippen LogP contribution in [-0.2, 0) is 22.5 Å². The van der Waals surface area contributed by atoms with Crippen LogP contribution in [0.2, 0.25) is 0 Å². The van der Waals surface area contributed by atoms with Gasteiger partial charge in [-0.05, 0) is 62.4 Å². The summed E-state index contributed by atoms with van der Waals surface area (Å²) in [5, 5.41) is 3.77. The first kappa shape index (κ1) is 25.0. The maximum atomic E-state index is 12.5. The number of carbonyl (C=O) groups is 2. The van der Waals surface area contributed by atoms with Crippen LogP contribution in [0.4, 0.5) is 4.79 Å². The highest BCUT2D eigenvalue weighted by Crippen LogP contribution is 2.36. The van der Waals surface area contributed by atoms with Crippen LogP contribution in [0.15, 0.2) is 48.5 Å². The van der Waals surface area contributed by atoms with Crippen molar-refractivity contribution in [3.63, 3.8) is 0 Å². The molecule has 3 rings (SSSR count). The second-order valence-electron chi connectivity index (χ2n) is 9.67. The SMILES string of the molecule is CC(C)Cc1nc2ccc(OCC(N)=O)cc2c(-c2ccccc2)c1CNC(=O)OC(C)(C)C. The molecule has 180 valence electrons. The Hall–Kier alpha value is -3.61. The van der Waals surface area contributed by atoms with Crippen molar-refractivity contribution in [3.05, 3.63) is 59.8 Å². The molecule has 2 aromatic carbocycles. The molecular weight excluding hydrogens is 430 g/mol. The standard InChI is InChI=1S/C27H33N3O4/c1-17(2)13-23-21(15-29-26(32)34-27(3,4)5)25(18-9-7-6-8-10-18)20-14-19(33-16-24(28)31)11-12-22(20)30-23/h6-12,14,17H,13,15-16H2,1-5H3,(H2,28,31)(H,29,32). The Balaban J connectivity index is 2.17. The van der Waals surface area contributed by atoms with Crippen LogP contribution >= 0.6 is 0 Å². The molecule has 0 aliphatic carbocycles. The number of pyridine rings is 1. The van der Waals surface area contributed by atoms with Crippen LogP contribution in [0.25, 0.3) is 22.0 Å². The number of primary amides is 1. The molecule has 2 amide bonds. The number of nitrogens with two attached hydrogens (primary N) is 1. The normalized spacial score (nSPS) is 11.5. The van der Waals surface area contributed by atoms with Gasteiger partial charge in [0.05, 0.1) is 5.52 Å². The summed E-state index contributed by atoms with van der Waals surface area (Å²) in [5.74, 6) is 0.344. The average molecular weight is 464 g/mol. The predicted molar refractivity (Wildman–Crippen MR) is 133 cm³/mol. The van der Waals surface area contributed by atoms with Gasteiger partial charge in [0.1, 0.15) is 11.4 Å². The molecule has 1 aromatic heterocycles. The Morgan fingerprint density at radius 3 is 2.41 bits per heavy atom. The van der Waals surface area contributed by atoms with Crippen LogP contribution in [0.1, 0.15) is 45.9 Å². The van der Waals surface area contributed by atoms with E-state index in [1.807, 2.05) is 63.2 Å². The number of carbonyl (C=O) groups excluding carboxylic acids is 2. The van der Waals surface area contributed by atoms with Crippen molar-refractivity contribution in [2.24, 2.45) is 11.7 Å². The van der Waals surface area contributed by atoms with E-state index >= 15 is 0 Å². The van der Waals surface area contributed by atoms with Crippen molar-refractivity contribution < 1.29 is 19.1 Å². The number of ether oxygens (including phenoxy) is 2. The summed E-state index contributed by atoms with van der Waals surface area (Å²) in [4.78, 5) is 28.6. The summed E-state index contributed by atoms with van der Waals surface area (Å²) in [5.41, 5.74) is 9.25. The highest BCUT2D eigenvalue weighted by molar-refractivity contribution is 5.97. The number of nitrogens with zero attached hydrogens (tertiary/aromatic N) is 1. The predicted octanol–water partition coefficient (Wildman–Crippen LogP) is 4.99. The van der Waals surface area contributed by atoms with Crippen molar-refractivity contribution >= 4 is 22.9 Å². The lowest BCUT2D eigenvalue weighted by Gasteiger charge is -2.22. The topological polar surface area (TPSA) is 104 Å². The number of rotatable bonds is 8. The van der Waals surface area contributed by atoms with Gasteiger partial charge in [-0.1, -0.05) is 44.2 Å². The number of nitrogens with one attached hydrogen (secondary N) is 1. The summed E-state index contributed by atoms with van der Waals surface area (Å²) in [7, 11) is 0. The van der Waals surface area contributed by atoms with E-state index in [2.05, 4.69) is 19.2 Å². The Kier molecular flexibility index (Phi) is 7.76. The van der Waals surface area contributed by atoms with E-state index in [-0.39, 0.29) is 13.2 Å². The molecule has 34 heavy (non-hydrogen) atoms. The summed E-state index contributed by atoms with van der Waals surface area (Å²) in [6, 6.07) is 15.5. The van der Waals surface area contributed by atoms with E-state index in [1.54, 1.807) is 6.07 Å². The number of hydrogen-bond donors (Lipinski definition) is 2. The molecule has 0 aliphatic rings. The minimum absolute atomic E-state index is 0.210. The number of aromatic nitrogens is 1. The minimum atomic E-state index is -0.596. The van der Waals surface area contributed by atoms with Crippen LogP contribution in [0, 0.1) is 5.92 Å². The Morgan fingerprint density at radius 2 is 1.79 bits per heavy atom. The Bertz CT molecular complexity index is 1170. The van der Waals surface area contributed by atoms with Crippen molar-refractivity contribution in [2.75, 3.05) is 6.61 Å². The minimum Gasteiger partial charge on any atom is -0.484 e. The zero-order chi connectivity index (χ0) is 24.9. The third-order valence-electron chi connectivity index (χ3n) is 5.00. The van der Waals surface area contributed by atoms with E-state index in [1.165, 1.54) is 0 Å². The monoisotopic (exact) mass is 463 g/mol. The largest absolute Gasteiger partial charge is 0.484 e. The lowest BCUT2D eigenvalue weighted by Crippen LogP contribution is -2.32. The molecule has 7 heteroatoms. The first-order valence-corrected chi connectivity index (χ1v) is 11.4. The number of amides is 2. The van der Waals surface area contributed by atoms with Crippen LogP contribution in [0.3, 0.4) is 0 Å². The van der Waals surface area contributed by atoms with Gasteiger partial charge in [-0.3, -0.25) is 9.78 Å². The van der Waals surface area contributed by atoms with E-state index < -0.39 is 17.6 Å². The lowest BCUT2D eigenvalue weighted by molar-refractivity contribution is -0.119. The summed E-state index contributed by atoms with van der Waals surface area (Å²) in [6.07, 6.45) is 0.266. The second-order valence-corrected chi connectivity index (χ2v) is 9.67. The molecule has 0 aliphatic heterocycles. The van der Waals surface area contributed by atoms with E-state index in [4.69, 9.17) is 20.2 Å². The highest BCUT2D eigenvalue weighted by atomic mass is 16.6. The highest BCUT2D eigenvalue weighted by Gasteiger charge is 2.21. The molecule has 0 radical (unpaired) electrons. The van der Waals surface area contributed by atoms with Gasteiger partial charge in [0, 0.05) is 23.2 Å². The van der Waals surface area contributed by atoms with Gasteiger partial charge >= 0.3 is 6.09 Å². The number of hydrogen-bond acceptors (Lipinski definition) is 5.